The Balaban J connectivity index is 2.26. The van der Waals surface area contributed by atoms with Gasteiger partial charge < -0.3 is 15.1 Å². The molecular weight excluding hydrogens is 238 g/mol. The number of phenolic OH excluding ortho intramolecular Hbond substituents is 1. The van der Waals surface area contributed by atoms with Crippen molar-refractivity contribution in [2.75, 3.05) is 20.1 Å². The number of rotatable bonds is 4. The first-order valence-corrected chi connectivity index (χ1v) is 7.26. The molecule has 3 nitrogen and oxygen atoms in total. The number of nitrogens with zero attached hydrogens (tertiary/aromatic N) is 1. The zero-order valence-corrected chi connectivity index (χ0v) is 12.0. The van der Waals surface area contributed by atoms with Gasteiger partial charge in [-0.15, -0.1) is 0 Å². The molecule has 2 rings (SSSR count). The lowest BCUT2D eigenvalue weighted by Gasteiger charge is -2.42. The average Bonchev–Trinajstić information content (AvgIpc) is 2.41. The highest BCUT2D eigenvalue weighted by Crippen LogP contribution is 2.42. The maximum atomic E-state index is 11.1. The van der Waals surface area contributed by atoms with Gasteiger partial charge in [0.15, 0.2) is 0 Å². The van der Waals surface area contributed by atoms with E-state index >= 15 is 0 Å². The normalized spacial score (nSPS) is 27.7. The molecule has 0 heterocycles. The maximum absolute atomic E-state index is 11.1. The molecule has 1 aliphatic rings. The molecule has 1 saturated carbocycles. The smallest absolute Gasteiger partial charge is 0.115 e. The molecule has 2 atom stereocenters. The quantitative estimate of drug-likeness (QED) is 0.878. The molecule has 2 N–H and O–H groups in total. The molecule has 3 heteroatoms. The minimum atomic E-state index is -0.791. The summed E-state index contributed by atoms with van der Waals surface area (Å²) in [5.74, 6) is 0.479. The van der Waals surface area contributed by atoms with Crippen LogP contribution in [-0.2, 0) is 5.60 Å². The van der Waals surface area contributed by atoms with Crippen molar-refractivity contribution in [3.63, 3.8) is 0 Å². The lowest BCUT2D eigenvalue weighted by Crippen LogP contribution is -2.43. The second-order valence-electron chi connectivity index (χ2n) is 5.77. The molecule has 0 spiro atoms. The number of hydrogen-bond acceptors (Lipinski definition) is 3. The lowest BCUT2D eigenvalue weighted by atomic mass is 9.71. The van der Waals surface area contributed by atoms with Crippen LogP contribution in [0, 0.1) is 5.92 Å². The fraction of sp³-hybridized carbons (Fsp3) is 0.625. The fourth-order valence-electron chi connectivity index (χ4n) is 3.13. The first-order chi connectivity index (χ1) is 9.06. The lowest BCUT2D eigenvalue weighted by molar-refractivity contribution is -0.0633. The minimum absolute atomic E-state index is 0.235. The zero-order valence-electron chi connectivity index (χ0n) is 12.0. The topological polar surface area (TPSA) is 43.7 Å². The van der Waals surface area contributed by atoms with Crippen molar-refractivity contribution >= 4 is 0 Å². The van der Waals surface area contributed by atoms with E-state index in [1.54, 1.807) is 12.1 Å². The van der Waals surface area contributed by atoms with E-state index in [2.05, 4.69) is 18.9 Å². The minimum Gasteiger partial charge on any atom is -0.508 e. The van der Waals surface area contributed by atoms with Crippen LogP contribution in [-0.4, -0.2) is 35.3 Å². The van der Waals surface area contributed by atoms with E-state index in [9.17, 15) is 10.2 Å². The highest BCUT2D eigenvalue weighted by atomic mass is 16.3. The van der Waals surface area contributed by atoms with E-state index in [0.717, 1.165) is 37.9 Å². The average molecular weight is 263 g/mol. The van der Waals surface area contributed by atoms with Gasteiger partial charge in [-0.3, -0.25) is 0 Å². The third-order valence-electron chi connectivity index (χ3n) is 4.45. The van der Waals surface area contributed by atoms with Gasteiger partial charge in [0.25, 0.3) is 0 Å². The van der Waals surface area contributed by atoms with Gasteiger partial charge in [0, 0.05) is 12.5 Å². The molecule has 0 radical (unpaired) electrons. The van der Waals surface area contributed by atoms with Crippen molar-refractivity contribution in [3.8, 4) is 5.75 Å². The SMILES string of the molecule is CCN(C)CC1CCCCC1(O)c1cccc(O)c1. The van der Waals surface area contributed by atoms with Crippen LogP contribution < -0.4 is 0 Å². The number of aliphatic hydroxyl groups is 1. The zero-order chi connectivity index (χ0) is 13.9. The number of benzene rings is 1. The summed E-state index contributed by atoms with van der Waals surface area (Å²) in [6, 6.07) is 7.12. The van der Waals surface area contributed by atoms with Gasteiger partial charge in [-0.05, 0) is 44.1 Å². The standard InChI is InChI=1S/C16H25NO2/c1-3-17(2)12-14-7-4-5-10-16(14,19)13-8-6-9-15(18)11-13/h6,8-9,11,14,18-19H,3-5,7,10,12H2,1-2H3. The van der Waals surface area contributed by atoms with Crippen LogP contribution in [0.4, 0.5) is 0 Å². The second kappa shape index (κ2) is 5.93. The summed E-state index contributed by atoms with van der Waals surface area (Å²) in [6.45, 7) is 4.03. The highest BCUT2D eigenvalue weighted by molar-refractivity contribution is 5.32. The van der Waals surface area contributed by atoms with E-state index < -0.39 is 5.60 Å². The first-order valence-electron chi connectivity index (χ1n) is 7.26. The van der Waals surface area contributed by atoms with Gasteiger partial charge in [0.05, 0.1) is 5.60 Å². The molecule has 1 aromatic carbocycles. The summed E-state index contributed by atoms with van der Waals surface area (Å²) in [5, 5.41) is 20.8. The molecule has 2 unspecified atom stereocenters. The van der Waals surface area contributed by atoms with Gasteiger partial charge in [-0.25, -0.2) is 0 Å². The van der Waals surface area contributed by atoms with Gasteiger partial charge >= 0.3 is 0 Å². The van der Waals surface area contributed by atoms with Crippen LogP contribution in [0.15, 0.2) is 24.3 Å². The molecule has 0 aliphatic heterocycles. The molecule has 0 saturated heterocycles. The molecule has 1 aliphatic carbocycles. The van der Waals surface area contributed by atoms with Crippen LogP contribution in [0.2, 0.25) is 0 Å². The predicted octanol–water partition coefficient (Wildman–Crippen LogP) is 2.72. The maximum Gasteiger partial charge on any atom is 0.115 e. The van der Waals surface area contributed by atoms with Crippen molar-refractivity contribution in [2.45, 2.75) is 38.2 Å². The van der Waals surface area contributed by atoms with E-state index in [-0.39, 0.29) is 11.7 Å². The Kier molecular flexibility index (Phi) is 4.48. The van der Waals surface area contributed by atoms with Crippen molar-refractivity contribution in [2.24, 2.45) is 5.92 Å². The summed E-state index contributed by atoms with van der Waals surface area (Å²) < 4.78 is 0. The summed E-state index contributed by atoms with van der Waals surface area (Å²) in [6.07, 6.45) is 4.08. The highest BCUT2D eigenvalue weighted by Gasteiger charge is 2.40. The Morgan fingerprint density at radius 1 is 1.37 bits per heavy atom. The first kappa shape index (κ1) is 14.4. The summed E-state index contributed by atoms with van der Waals surface area (Å²) in [4.78, 5) is 2.25. The summed E-state index contributed by atoms with van der Waals surface area (Å²) in [5.41, 5.74) is 0.0714. The van der Waals surface area contributed by atoms with E-state index in [1.165, 1.54) is 6.42 Å². The van der Waals surface area contributed by atoms with Crippen LogP contribution in [0.1, 0.15) is 38.2 Å². The van der Waals surface area contributed by atoms with Gasteiger partial charge in [0.2, 0.25) is 0 Å². The Bertz CT molecular complexity index is 421. The second-order valence-corrected chi connectivity index (χ2v) is 5.77. The molecule has 0 bridgehead atoms. The number of hydrogen-bond donors (Lipinski definition) is 2. The Hall–Kier alpha value is -1.06. The van der Waals surface area contributed by atoms with Gasteiger partial charge in [-0.2, -0.15) is 0 Å². The van der Waals surface area contributed by atoms with E-state index in [4.69, 9.17) is 0 Å². The fourth-order valence-corrected chi connectivity index (χ4v) is 3.13. The molecule has 1 aromatic rings. The van der Waals surface area contributed by atoms with Gasteiger partial charge in [-0.1, -0.05) is 31.9 Å². The Morgan fingerprint density at radius 2 is 2.16 bits per heavy atom. The number of phenols is 1. The molecule has 0 aromatic heterocycles. The molecular formula is C16H25NO2. The van der Waals surface area contributed by atoms with Crippen LogP contribution in [0.25, 0.3) is 0 Å². The van der Waals surface area contributed by atoms with Gasteiger partial charge in [0.1, 0.15) is 5.75 Å². The van der Waals surface area contributed by atoms with Crippen LogP contribution in [0.5, 0.6) is 5.75 Å². The molecule has 0 amide bonds. The predicted molar refractivity (Wildman–Crippen MR) is 77.1 cm³/mol. The third kappa shape index (κ3) is 3.10. The van der Waals surface area contributed by atoms with Crippen LogP contribution in [0.3, 0.4) is 0 Å². The molecule has 1 fully saturated rings. The molecule has 106 valence electrons. The number of aromatic hydroxyl groups is 1. The monoisotopic (exact) mass is 263 g/mol. The van der Waals surface area contributed by atoms with Crippen molar-refractivity contribution in [3.05, 3.63) is 29.8 Å². The van der Waals surface area contributed by atoms with Crippen molar-refractivity contribution in [1.29, 1.82) is 0 Å². The van der Waals surface area contributed by atoms with Crippen LogP contribution >= 0.6 is 0 Å². The van der Waals surface area contributed by atoms with E-state index in [0.29, 0.717) is 0 Å². The summed E-state index contributed by atoms with van der Waals surface area (Å²) >= 11 is 0. The largest absolute Gasteiger partial charge is 0.508 e. The molecule has 19 heavy (non-hydrogen) atoms. The van der Waals surface area contributed by atoms with Crippen molar-refractivity contribution in [1.82, 2.24) is 4.90 Å². The van der Waals surface area contributed by atoms with E-state index in [1.807, 2.05) is 12.1 Å². The Morgan fingerprint density at radius 3 is 2.84 bits per heavy atom. The van der Waals surface area contributed by atoms with Crippen molar-refractivity contribution < 1.29 is 10.2 Å². The summed E-state index contributed by atoms with van der Waals surface area (Å²) in [7, 11) is 2.09. The third-order valence-corrected chi connectivity index (χ3v) is 4.45. The Labute approximate surface area is 115 Å².